The summed E-state index contributed by atoms with van der Waals surface area (Å²) in [6.07, 6.45) is 0. The molecule has 0 unspecified atom stereocenters. The third kappa shape index (κ3) is 6.41. The Hall–Kier alpha value is -3.88. The maximum absolute atomic E-state index is 12.9. The van der Waals surface area contributed by atoms with E-state index in [0.717, 1.165) is 60.6 Å². The molecule has 4 aromatic rings. The number of anilines is 2. The van der Waals surface area contributed by atoms with Crippen LogP contribution in [0.25, 0.3) is 22.0 Å². The van der Waals surface area contributed by atoms with Crippen LogP contribution in [0, 0.1) is 6.92 Å². The number of amides is 2. The van der Waals surface area contributed by atoms with Gasteiger partial charge in [-0.3, -0.25) is 15.3 Å². The Bertz CT molecular complexity index is 1450. The van der Waals surface area contributed by atoms with E-state index in [9.17, 15) is 4.79 Å². The summed E-state index contributed by atoms with van der Waals surface area (Å²) in [5.41, 5.74) is 5.15. The fraction of sp³-hybridized carbons (Fsp3) is 0.355. The lowest BCUT2D eigenvalue weighted by atomic mass is 9.83. The Morgan fingerprint density at radius 2 is 1.79 bits per heavy atom. The summed E-state index contributed by atoms with van der Waals surface area (Å²) in [7, 11) is 0. The standard InChI is InChI=1S/C31H37N5O3/c1-21-9-10-22(19-25(21)31(2,3)4)27-20-29(35-34-27)33-30(37)32-26-11-12-28(24-8-6-5-7-23(24)26)39-18-15-36-13-16-38-17-14-36/h5-12,19-20H,13-18H2,1-4H3,(H3,32,33,34,35,37). The van der Waals surface area contributed by atoms with Crippen molar-refractivity contribution < 1.29 is 14.3 Å². The molecule has 1 aromatic heterocycles. The highest BCUT2D eigenvalue weighted by atomic mass is 16.5. The van der Waals surface area contributed by atoms with E-state index < -0.39 is 0 Å². The van der Waals surface area contributed by atoms with E-state index in [1.807, 2.05) is 42.5 Å². The monoisotopic (exact) mass is 527 g/mol. The van der Waals surface area contributed by atoms with Gasteiger partial charge in [-0.05, 0) is 47.2 Å². The van der Waals surface area contributed by atoms with Crippen LogP contribution in [0.5, 0.6) is 5.75 Å². The van der Waals surface area contributed by atoms with Gasteiger partial charge in [0.1, 0.15) is 12.4 Å². The van der Waals surface area contributed by atoms with Crippen LogP contribution in [0.2, 0.25) is 0 Å². The zero-order valence-electron chi connectivity index (χ0n) is 23.1. The second-order valence-corrected chi connectivity index (χ2v) is 11.0. The highest BCUT2D eigenvalue weighted by molar-refractivity contribution is 6.07. The molecular formula is C31H37N5O3. The molecule has 3 N–H and O–H groups in total. The van der Waals surface area contributed by atoms with Crippen LogP contribution in [-0.4, -0.2) is 60.6 Å². The van der Waals surface area contributed by atoms with E-state index in [4.69, 9.17) is 9.47 Å². The lowest BCUT2D eigenvalue weighted by molar-refractivity contribution is 0.0323. The predicted molar refractivity (Wildman–Crippen MR) is 157 cm³/mol. The van der Waals surface area contributed by atoms with Gasteiger partial charge in [0.2, 0.25) is 0 Å². The molecule has 5 rings (SSSR count). The first kappa shape index (κ1) is 26.7. The number of aryl methyl sites for hydroxylation is 1. The predicted octanol–water partition coefficient (Wildman–Crippen LogP) is 6.19. The van der Waals surface area contributed by atoms with Gasteiger partial charge in [0, 0.05) is 36.5 Å². The summed E-state index contributed by atoms with van der Waals surface area (Å²) >= 11 is 0. The van der Waals surface area contributed by atoms with E-state index in [0.29, 0.717) is 18.1 Å². The summed E-state index contributed by atoms with van der Waals surface area (Å²) < 4.78 is 11.6. The molecule has 204 valence electrons. The number of nitrogens with one attached hydrogen (secondary N) is 3. The largest absolute Gasteiger partial charge is 0.492 e. The van der Waals surface area contributed by atoms with Crippen molar-refractivity contribution in [2.24, 2.45) is 0 Å². The molecule has 1 saturated heterocycles. The number of carbonyl (C=O) groups is 1. The molecule has 0 atom stereocenters. The first-order chi connectivity index (χ1) is 18.8. The Kier molecular flexibility index (Phi) is 7.86. The number of morpholine rings is 1. The molecule has 1 fully saturated rings. The number of hydrogen-bond acceptors (Lipinski definition) is 5. The zero-order chi connectivity index (χ0) is 27.4. The maximum Gasteiger partial charge on any atom is 0.324 e. The number of hydrogen-bond donors (Lipinski definition) is 3. The molecule has 0 saturated carbocycles. The van der Waals surface area contributed by atoms with Gasteiger partial charge in [0.05, 0.1) is 24.6 Å². The fourth-order valence-corrected chi connectivity index (χ4v) is 5.02. The van der Waals surface area contributed by atoms with Crippen LogP contribution in [0.1, 0.15) is 31.9 Å². The number of carbonyl (C=O) groups excluding carboxylic acids is 1. The first-order valence-electron chi connectivity index (χ1n) is 13.5. The van der Waals surface area contributed by atoms with Crippen molar-refractivity contribution in [3.63, 3.8) is 0 Å². The number of nitrogens with zero attached hydrogens (tertiary/aromatic N) is 2. The van der Waals surface area contributed by atoms with Gasteiger partial charge >= 0.3 is 6.03 Å². The van der Waals surface area contributed by atoms with Crippen LogP contribution in [-0.2, 0) is 10.2 Å². The van der Waals surface area contributed by atoms with Gasteiger partial charge in [-0.2, -0.15) is 5.10 Å². The minimum absolute atomic E-state index is 0.0349. The van der Waals surface area contributed by atoms with Gasteiger partial charge < -0.3 is 14.8 Å². The molecule has 2 amide bonds. The van der Waals surface area contributed by atoms with Crippen LogP contribution in [0.4, 0.5) is 16.3 Å². The number of fused-ring (bicyclic) bond motifs is 1. The van der Waals surface area contributed by atoms with Crippen molar-refractivity contribution in [1.29, 1.82) is 0 Å². The van der Waals surface area contributed by atoms with Crippen molar-refractivity contribution in [2.75, 3.05) is 50.1 Å². The topological polar surface area (TPSA) is 91.5 Å². The van der Waals surface area contributed by atoms with Crippen LogP contribution < -0.4 is 15.4 Å². The molecule has 39 heavy (non-hydrogen) atoms. The maximum atomic E-state index is 12.9. The SMILES string of the molecule is Cc1ccc(-c2cc(NC(=O)Nc3ccc(OCCN4CCOCC4)c4ccccc34)n[nH]2)cc1C(C)(C)C. The number of ether oxygens (including phenoxy) is 2. The first-order valence-corrected chi connectivity index (χ1v) is 13.5. The minimum atomic E-state index is -0.363. The number of rotatable bonds is 7. The Labute approximate surface area is 229 Å². The number of benzene rings is 3. The molecule has 0 radical (unpaired) electrons. The van der Waals surface area contributed by atoms with Crippen molar-refractivity contribution in [3.8, 4) is 17.0 Å². The average molecular weight is 528 g/mol. The van der Waals surface area contributed by atoms with Crippen molar-refractivity contribution in [3.05, 3.63) is 71.8 Å². The van der Waals surface area contributed by atoms with Crippen molar-refractivity contribution in [1.82, 2.24) is 15.1 Å². The van der Waals surface area contributed by atoms with Crippen LogP contribution in [0.3, 0.4) is 0 Å². The zero-order valence-corrected chi connectivity index (χ0v) is 23.1. The summed E-state index contributed by atoms with van der Waals surface area (Å²) in [6.45, 7) is 13.6. The number of H-pyrrole nitrogens is 1. The van der Waals surface area contributed by atoms with E-state index in [1.54, 1.807) is 0 Å². The fourth-order valence-electron chi connectivity index (χ4n) is 5.02. The molecule has 1 aliphatic rings. The Balaban J connectivity index is 1.25. The van der Waals surface area contributed by atoms with Gasteiger partial charge in [-0.25, -0.2) is 4.79 Å². The van der Waals surface area contributed by atoms with Gasteiger partial charge in [-0.1, -0.05) is 57.2 Å². The normalized spacial score (nSPS) is 14.4. The third-order valence-corrected chi connectivity index (χ3v) is 7.08. The second kappa shape index (κ2) is 11.5. The highest BCUT2D eigenvalue weighted by Crippen LogP contribution is 2.32. The second-order valence-electron chi connectivity index (χ2n) is 11.0. The Morgan fingerprint density at radius 1 is 1.03 bits per heavy atom. The van der Waals surface area contributed by atoms with Crippen LogP contribution >= 0.6 is 0 Å². The van der Waals surface area contributed by atoms with E-state index in [1.165, 1.54) is 11.1 Å². The molecule has 0 aliphatic carbocycles. The van der Waals surface area contributed by atoms with Crippen molar-refractivity contribution >= 4 is 28.3 Å². The van der Waals surface area contributed by atoms with Gasteiger partial charge in [0.15, 0.2) is 5.82 Å². The molecular weight excluding hydrogens is 490 g/mol. The molecule has 1 aliphatic heterocycles. The summed E-state index contributed by atoms with van der Waals surface area (Å²) in [4.78, 5) is 15.3. The summed E-state index contributed by atoms with van der Waals surface area (Å²) in [5, 5.41) is 15.0. The highest BCUT2D eigenvalue weighted by Gasteiger charge is 2.18. The molecule has 8 nitrogen and oxygen atoms in total. The average Bonchev–Trinajstić information content (AvgIpc) is 3.38. The molecule has 3 aromatic carbocycles. The van der Waals surface area contributed by atoms with Crippen molar-refractivity contribution in [2.45, 2.75) is 33.1 Å². The lowest BCUT2D eigenvalue weighted by Gasteiger charge is -2.26. The quantitative estimate of drug-likeness (QED) is 0.267. The smallest absolute Gasteiger partial charge is 0.324 e. The Morgan fingerprint density at radius 3 is 2.56 bits per heavy atom. The molecule has 0 spiro atoms. The van der Waals surface area contributed by atoms with E-state index >= 15 is 0 Å². The van der Waals surface area contributed by atoms with E-state index in [2.05, 4.69) is 71.6 Å². The van der Waals surface area contributed by atoms with Gasteiger partial charge in [-0.15, -0.1) is 0 Å². The molecule has 8 heteroatoms. The number of aromatic nitrogens is 2. The third-order valence-electron chi connectivity index (χ3n) is 7.08. The van der Waals surface area contributed by atoms with Crippen LogP contribution in [0.15, 0.2) is 60.7 Å². The summed E-state index contributed by atoms with van der Waals surface area (Å²) in [6, 6.07) is 19.6. The summed E-state index contributed by atoms with van der Waals surface area (Å²) in [5.74, 6) is 1.25. The minimum Gasteiger partial charge on any atom is -0.492 e. The number of urea groups is 1. The van der Waals surface area contributed by atoms with Gasteiger partial charge in [0.25, 0.3) is 0 Å². The molecule has 2 heterocycles. The lowest BCUT2D eigenvalue weighted by Crippen LogP contribution is -2.38. The number of aromatic amines is 1. The van der Waals surface area contributed by atoms with E-state index in [-0.39, 0.29) is 11.4 Å². The molecule has 0 bridgehead atoms.